The molecule has 0 fully saturated rings. The van der Waals surface area contributed by atoms with E-state index in [0.29, 0.717) is 21.4 Å². The first-order valence-corrected chi connectivity index (χ1v) is 9.97. The molecule has 0 spiro atoms. The number of non-ortho nitro benzene ring substituents is 1. The molecule has 0 saturated carbocycles. The smallest absolute Gasteiger partial charge is 0.271 e. The van der Waals surface area contributed by atoms with Crippen molar-refractivity contribution in [3.8, 4) is 0 Å². The van der Waals surface area contributed by atoms with Gasteiger partial charge in [-0.25, -0.2) is 0 Å². The number of benzene rings is 3. The SMILES string of the molecule is O=C(Nc1ccc(Cl)c(Cl)c1)c1cc(C(=O)Nc2ccc(Cl)c(Cl)c2)cc([N+](=O)[O-])c1. The molecule has 0 aliphatic heterocycles. The van der Waals surface area contributed by atoms with E-state index in [1.807, 2.05) is 0 Å². The van der Waals surface area contributed by atoms with Crippen LogP contribution < -0.4 is 10.6 Å². The Kier molecular flexibility index (Phi) is 7.02. The maximum atomic E-state index is 12.6. The molecule has 31 heavy (non-hydrogen) atoms. The van der Waals surface area contributed by atoms with Crippen LogP contribution in [-0.2, 0) is 0 Å². The molecule has 0 heterocycles. The lowest BCUT2D eigenvalue weighted by atomic mass is 10.1. The molecule has 3 aromatic rings. The van der Waals surface area contributed by atoms with E-state index < -0.39 is 22.4 Å². The van der Waals surface area contributed by atoms with Crippen molar-refractivity contribution in [2.75, 3.05) is 10.6 Å². The fraction of sp³-hybridized carbons (Fsp3) is 0. The third kappa shape index (κ3) is 5.65. The molecule has 0 unspecified atom stereocenters. The summed E-state index contributed by atoms with van der Waals surface area (Å²) in [5.74, 6) is -1.35. The number of rotatable bonds is 5. The lowest BCUT2D eigenvalue weighted by Crippen LogP contribution is -2.16. The molecule has 11 heteroatoms. The highest BCUT2D eigenvalue weighted by molar-refractivity contribution is 6.42. The van der Waals surface area contributed by atoms with Crippen molar-refractivity contribution >= 4 is 75.3 Å². The molecule has 2 amide bonds. The minimum absolute atomic E-state index is 0.0976. The average Bonchev–Trinajstić information content (AvgIpc) is 2.73. The number of hydrogen-bond acceptors (Lipinski definition) is 4. The molecule has 0 bridgehead atoms. The summed E-state index contributed by atoms with van der Waals surface area (Å²) in [5.41, 5.74) is 0.0284. The number of carbonyl (C=O) groups excluding carboxylic acids is 2. The van der Waals surface area contributed by atoms with Gasteiger partial charge < -0.3 is 10.6 Å². The third-order valence-electron chi connectivity index (χ3n) is 4.01. The van der Waals surface area contributed by atoms with Crippen LogP contribution in [0.25, 0.3) is 0 Å². The highest BCUT2D eigenvalue weighted by Gasteiger charge is 2.19. The number of halogens is 4. The number of nitro benzene ring substituents is 1. The minimum atomic E-state index is -0.703. The topological polar surface area (TPSA) is 101 Å². The summed E-state index contributed by atoms with van der Waals surface area (Å²) in [6.45, 7) is 0. The summed E-state index contributed by atoms with van der Waals surface area (Å²) in [6, 6.07) is 12.2. The highest BCUT2D eigenvalue weighted by Crippen LogP contribution is 2.27. The number of carbonyl (C=O) groups is 2. The first-order valence-electron chi connectivity index (χ1n) is 8.46. The molecule has 7 nitrogen and oxygen atoms in total. The van der Waals surface area contributed by atoms with Crippen molar-refractivity contribution in [3.63, 3.8) is 0 Å². The van der Waals surface area contributed by atoms with Crippen LogP contribution in [0.2, 0.25) is 20.1 Å². The second-order valence-electron chi connectivity index (χ2n) is 6.19. The summed E-state index contributed by atoms with van der Waals surface area (Å²) in [6.07, 6.45) is 0. The number of nitrogens with zero attached hydrogens (tertiary/aromatic N) is 1. The maximum Gasteiger partial charge on any atom is 0.271 e. The Morgan fingerprint density at radius 1 is 0.677 bits per heavy atom. The molecular weight excluding hydrogens is 488 g/mol. The lowest BCUT2D eigenvalue weighted by Gasteiger charge is -2.09. The maximum absolute atomic E-state index is 12.6. The predicted molar refractivity (Wildman–Crippen MR) is 122 cm³/mol. The Balaban J connectivity index is 1.89. The molecule has 0 saturated heterocycles. The van der Waals surface area contributed by atoms with Gasteiger partial charge in [0.25, 0.3) is 17.5 Å². The highest BCUT2D eigenvalue weighted by atomic mass is 35.5. The largest absolute Gasteiger partial charge is 0.322 e. The van der Waals surface area contributed by atoms with E-state index in [-0.39, 0.29) is 21.2 Å². The van der Waals surface area contributed by atoms with Crippen LogP contribution in [0.15, 0.2) is 54.6 Å². The number of hydrogen-bond donors (Lipinski definition) is 2. The number of nitrogens with one attached hydrogen (secondary N) is 2. The Labute approximate surface area is 196 Å². The van der Waals surface area contributed by atoms with E-state index in [9.17, 15) is 19.7 Å². The van der Waals surface area contributed by atoms with E-state index in [0.717, 1.165) is 12.1 Å². The fourth-order valence-electron chi connectivity index (χ4n) is 2.53. The molecule has 0 aliphatic rings. The third-order valence-corrected chi connectivity index (χ3v) is 5.49. The van der Waals surface area contributed by atoms with Crippen molar-refractivity contribution in [2.45, 2.75) is 0 Å². The predicted octanol–water partition coefficient (Wildman–Crippen LogP) is 6.71. The molecular formula is C20H11Cl4N3O4. The molecule has 0 radical (unpaired) electrons. The Hall–Kier alpha value is -2.84. The Bertz CT molecular complexity index is 1130. The Morgan fingerprint density at radius 3 is 1.45 bits per heavy atom. The van der Waals surface area contributed by atoms with Gasteiger partial charge in [0.05, 0.1) is 25.0 Å². The van der Waals surface area contributed by atoms with Gasteiger partial charge in [-0.05, 0) is 42.5 Å². The van der Waals surface area contributed by atoms with Gasteiger partial charge in [0.2, 0.25) is 0 Å². The van der Waals surface area contributed by atoms with Gasteiger partial charge in [-0.15, -0.1) is 0 Å². The molecule has 3 aromatic carbocycles. The van der Waals surface area contributed by atoms with Crippen LogP contribution in [-0.4, -0.2) is 16.7 Å². The quantitative estimate of drug-likeness (QED) is 0.301. The van der Waals surface area contributed by atoms with E-state index >= 15 is 0 Å². The van der Waals surface area contributed by atoms with E-state index in [2.05, 4.69) is 10.6 Å². The van der Waals surface area contributed by atoms with Crippen molar-refractivity contribution in [3.05, 3.63) is 95.9 Å². The lowest BCUT2D eigenvalue weighted by molar-refractivity contribution is -0.384. The van der Waals surface area contributed by atoms with Crippen LogP contribution in [0.5, 0.6) is 0 Å². The van der Waals surface area contributed by atoms with Crippen LogP contribution in [0.3, 0.4) is 0 Å². The standard InChI is InChI=1S/C20H11Cl4N3O4/c21-15-3-1-12(8-17(15)23)25-19(28)10-5-11(7-14(6-10)27(30)31)20(29)26-13-2-4-16(22)18(24)9-13/h1-9H,(H,25,28)(H,26,29). The second-order valence-corrected chi connectivity index (χ2v) is 7.82. The van der Waals surface area contributed by atoms with Crippen molar-refractivity contribution < 1.29 is 14.5 Å². The first kappa shape index (κ1) is 22.8. The van der Waals surface area contributed by atoms with E-state index in [4.69, 9.17) is 46.4 Å². The minimum Gasteiger partial charge on any atom is -0.322 e. The Morgan fingerprint density at radius 2 is 1.10 bits per heavy atom. The van der Waals surface area contributed by atoms with Crippen LogP contribution in [0.4, 0.5) is 17.1 Å². The van der Waals surface area contributed by atoms with Crippen LogP contribution in [0.1, 0.15) is 20.7 Å². The van der Waals surface area contributed by atoms with Crippen molar-refractivity contribution in [1.82, 2.24) is 0 Å². The van der Waals surface area contributed by atoms with Gasteiger partial charge in [0.15, 0.2) is 0 Å². The molecule has 0 aromatic heterocycles. The van der Waals surface area contributed by atoms with Gasteiger partial charge in [-0.1, -0.05) is 46.4 Å². The van der Waals surface area contributed by atoms with Gasteiger partial charge in [-0.3, -0.25) is 19.7 Å². The normalized spacial score (nSPS) is 10.5. The first-order chi connectivity index (χ1) is 14.6. The molecule has 3 rings (SSSR count). The van der Waals surface area contributed by atoms with Gasteiger partial charge >= 0.3 is 0 Å². The zero-order valence-corrected chi connectivity index (χ0v) is 18.3. The summed E-state index contributed by atoms with van der Waals surface area (Å²) in [7, 11) is 0. The summed E-state index contributed by atoms with van der Waals surface area (Å²) in [4.78, 5) is 35.9. The molecule has 0 atom stereocenters. The van der Waals surface area contributed by atoms with Crippen molar-refractivity contribution in [1.29, 1.82) is 0 Å². The van der Waals surface area contributed by atoms with Crippen LogP contribution >= 0.6 is 46.4 Å². The zero-order valence-electron chi connectivity index (χ0n) is 15.3. The van der Waals surface area contributed by atoms with Gasteiger partial charge in [-0.2, -0.15) is 0 Å². The number of nitro groups is 1. The molecule has 158 valence electrons. The van der Waals surface area contributed by atoms with E-state index in [1.165, 1.54) is 42.5 Å². The summed E-state index contributed by atoms with van der Waals surface area (Å²) >= 11 is 23.6. The van der Waals surface area contributed by atoms with Crippen molar-refractivity contribution in [2.24, 2.45) is 0 Å². The number of amides is 2. The van der Waals surface area contributed by atoms with Gasteiger partial charge in [0, 0.05) is 34.6 Å². The van der Waals surface area contributed by atoms with E-state index in [1.54, 1.807) is 0 Å². The zero-order chi connectivity index (χ0) is 22.7. The molecule has 0 aliphatic carbocycles. The second kappa shape index (κ2) is 9.53. The monoisotopic (exact) mass is 497 g/mol. The summed E-state index contributed by atoms with van der Waals surface area (Å²) in [5, 5.41) is 17.5. The summed E-state index contributed by atoms with van der Waals surface area (Å²) < 4.78 is 0. The van der Waals surface area contributed by atoms with Crippen LogP contribution in [0, 0.1) is 10.1 Å². The number of anilines is 2. The average molecular weight is 499 g/mol. The van der Waals surface area contributed by atoms with Gasteiger partial charge in [0.1, 0.15) is 0 Å². The fourth-order valence-corrected chi connectivity index (χ4v) is 3.13. The molecule has 2 N–H and O–H groups in total.